The summed E-state index contributed by atoms with van der Waals surface area (Å²) in [4.78, 5) is 27.1. The van der Waals surface area contributed by atoms with Gasteiger partial charge in [0.05, 0.1) is 18.1 Å². The minimum atomic E-state index is -1.11. The van der Waals surface area contributed by atoms with Crippen LogP contribution in [-0.2, 0) is 9.59 Å². The van der Waals surface area contributed by atoms with Crippen molar-refractivity contribution in [2.75, 3.05) is 0 Å². The Morgan fingerprint density at radius 3 is 2.26 bits per heavy atom. The molecule has 0 aromatic heterocycles. The number of hydrogen-bond acceptors (Lipinski definition) is 4. The number of carbonyl (C=O) groups excluding carboxylic acids is 1. The highest BCUT2D eigenvalue weighted by Gasteiger charge is 2.50. The quantitative estimate of drug-likeness (QED) is 0.318. The standard InChI is InChI=1S/C15H28N4O4/c1-4-8(5-2)12(18-7(3)20)11-10(19-15(16)17)6-9(13(11)21)14(22)23/h8-13,21H,4-6H2,1-3H3,(H,18,20)(H,22,23)(H4,16,17,19)/t9-,10+,11+,12?,13-/m0/s1. The minimum absolute atomic E-state index is 0.0998. The summed E-state index contributed by atoms with van der Waals surface area (Å²) < 4.78 is 0. The summed E-state index contributed by atoms with van der Waals surface area (Å²) in [6, 6.07) is -0.913. The van der Waals surface area contributed by atoms with Crippen LogP contribution in [0, 0.1) is 17.8 Å². The molecule has 23 heavy (non-hydrogen) atoms. The van der Waals surface area contributed by atoms with Crippen LogP contribution in [0.15, 0.2) is 4.99 Å². The van der Waals surface area contributed by atoms with Gasteiger partial charge in [-0.3, -0.25) is 9.59 Å². The van der Waals surface area contributed by atoms with E-state index in [1.54, 1.807) is 0 Å². The normalized spacial score (nSPS) is 28.4. The summed E-state index contributed by atoms with van der Waals surface area (Å²) in [5.41, 5.74) is 10.9. The maximum atomic E-state index is 11.6. The third-order valence-electron chi connectivity index (χ3n) is 4.72. The summed E-state index contributed by atoms with van der Waals surface area (Å²) in [6.07, 6.45) is 0.612. The smallest absolute Gasteiger partial charge is 0.309 e. The van der Waals surface area contributed by atoms with Gasteiger partial charge in [0.2, 0.25) is 5.91 Å². The predicted molar refractivity (Wildman–Crippen MR) is 86.5 cm³/mol. The highest BCUT2D eigenvalue weighted by atomic mass is 16.4. The molecule has 0 aromatic carbocycles. The minimum Gasteiger partial charge on any atom is -0.481 e. The zero-order chi connectivity index (χ0) is 17.7. The Hall–Kier alpha value is -1.83. The molecule has 1 aliphatic rings. The average Bonchev–Trinajstić information content (AvgIpc) is 2.74. The number of carboxylic acids is 1. The topological polar surface area (TPSA) is 151 Å². The van der Waals surface area contributed by atoms with Crippen molar-refractivity contribution in [3.05, 3.63) is 0 Å². The first-order valence-electron chi connectivity index (χ1n) is 7.99. The van der Waals surface area contributed by atoms with Crippen LogP contribution in [0.5, 0.6) is 0 Å². The largest absolute Gasteiger partial charge is 0.481 e. The molecule has 5 atom stereocenters. The van der Waals surface area contributed by atoms with Crippen molar-refractivity contribution >= 4 is 17.8 Å². The number of carbonyl (C=O) groups is 2. The van der Waals surface area contributed by atoms with Gasteiger partial charge in [0.15, 0.2) is 5.96 Å². The maximum Gasteiger partial charge on any atom is 0.309 e. The average molecular weight is 328 g/mol. The molecular weight excluding hydrogens is 300 g/mol. The van der Waals surface area contributed by atoms with Crippen LogP contribution in [0.4, 0.5) is 0 Å². The number of aliphatic hydroxyl groups excluding tert-OH is 1. The summed E-state index contributed by atoms with van der Waals surface area (Å²) in [5.74, 6) is -2.84. The lowest BCUT2D eigenvalue weighted by Crippen LogP contribution is -2.51. The first kappa shape index (κ1) is 19.2. The first-order valence-corrected chi connectivity index (χ1v) is 7.99. The Morgan fingerprint density at radius 1 is 1.30 bits per heavy atom. The van der Waals surface area contributed by atoms with Gasteiger partial charge in [-0.25, -0.2) is 4.99 Å². The zero-order valence-corrected chi connectivity index (χ0v) is 13.9. The number of aliphatic imine (C=N–C) groups is 1. The van der Waals surface area contributed by atoms with E-state index in [0.717, 1.165) is 12.8 Å². The number of guanidine groups is 1. The Bertz CT molecular complexity index is 460. The number of rotatable bonds is 7. The van der Waals surface area contributed by atoms with Crippen LogP contribution in [0.1, 0.15) is 40.0 Å². The first-order chi connectivity index (χ1) is 10.7. The highest BCUT2D eigenvalue weighted by molar-refractivity contribution is 5.76. The van der Waals surface area contributed by atoms with E-state index < -0.39 is 30.0 Å². The van der Waals surface area contributed by atoms with E-state index in [2.05, 4.69) is 10.3 Å². The lowest BCUT2D eigenvalue weighted by atomic mass is 9.80. The van der Waals surface area contributed by atoms with Gasteiger partial charge in [-0.05, 0) is 12.3 Å². The number of nitrogens with zero attached hydrogens (tertiary/aromatic N) is 1. The molecule has 1 rings (SSSR count). The molecular formula is C15H28N4O4. The molecule has 1 aliphatic carbocycles. The number of amides is 1. The third-order valence-corrected chi connectivity index (χ3v) is 4.72. The molecule has 0 spiro atoms. The van der Waals surface area contributed by atoms with Crippen LogP contribution in [0.25, 0.3) is 0 Å². The van der Waals surface area contributed by atoms with Crippen molar-refractivity contribution in [1.82, 2.24) is 5.32 Å². The van der Waals surface area contributed by atoms with Gasteiger partial charge in [0.1, 0.15) is 0 Å². The Labute approximate surface area is 136 Å². The van der Waals surface area contributed by atoms with Crippen LogP contribution >= 0.6 is 0 Å². The summed E-state index contributed by atoms with van der Waals surface area (Å²) in [7, 11) is 0. The number of aliphatic hydroxyl groups is 1. The fourth-order valence-electron chi connectivity index (χ4n) is 3.64. The fraction of sp³-hybridized carbons (Fsp3) is 0.800. The van der Waals surface area contributed by atoms with Gasteiger partial charge in [0.25, 0.3) is 0 Å². The molecule has 0 saturated heterocycles. The molecule has 1 saturated carbocycles. The van der Waals surface area contributed by atoms with E-state index in [-0.39, 0.29) is 30.2 Å². The van der Waals surface area contributed by atoms with E-state index in [9.17, 15) is 19.8 Å². The molecule has 7 N–H and O–H groups in total. The molecule has 0 aliphatic heterocycles. The van der Waals surface area contributed by atoms with E-state index >= 15 is 0 Å². The molecule has 8 nitrogen and oxygen atoms in total. The lowest BCUT2D eigenvalue weighted by molar-refractivity contribution is -0.145. The number of nitrogens with two attached hydrogens (primary N) is 2. The van der Waals surface area contributed by atoms with Crippen molar-refractivity contribution in [3.8, 4) is 0 Å². The van der Waals surface area contributed by atoms with Crippen LogP contribution in [0.3, 0.4) is 0 Å². The van der Waals surface area contributed by atoms with Gasteiger partial charge in [0, 0.05) is 18.9 Å². The molecule has 0 bridgehead atoms. The van der Waals surface area contributed by atoms with Crippen LogP contribution < -0.4 is 16.8 Å². The monoisotopic (exact) mass is 328 g/mol. The Morgan fingerprint density at radius 2 is 1.87 bits per heavy atom. The number of nitrogens with one attached hydrogen (secondary N) is 1. The molecule has 0 heterocycles. The van der Waals surface area contributed by atoms with Crippen molar-refractivity contribution in [2.45, 2.75) is 58.2 Å². The summed E-state index contributed by atoms with van der Waals surface area (Å²) >= 11 is 0. The van der Waals surface area contributed by atoms with Gasteiger partial charge in [-0.1, -0.05) is 26.7 Å². The number of aliphatic carboxylic acids is 1. The Kier molecular flexibility index (Phi) is 6.80. The second-order valence-electron chi connectivity index (χ2n) is 6.17. The fourth-order valence-corrected chi connectivity index (χ4v) is 3.64. The van der Waals surface area contributed by atoms with Gasteiger partial charge >= 0.3 is 5.97 Å². The lowest BCUT2D eigenvalue weighted by Gasteiger charge is -2.35. The maximum absolute atomic E-state index is 11.6. The van der Waals surface area contributed by atoms with Crippen molar-refractivity contribution in [1.29, 1.82) is 0 Å². The van der Waals surface area contributed by atoms with Crippen LogP contribution in [0.2, 0.25) is 0 Å². The molecule has 132 valence electrons. The zero-order valence-electron chi connectivity index (χ0n) is 13.9. The van der Waals surface area contributed by atoms with Gasteiger partial charge in [-0.2, -0.15) is 0 Å². The van der Waals surface area contributed by atoms with E-state index in [4.69, 9.17) is 11.5 Å². The van der Waals surface area contributed by atoms with Crippen LogP contribution in [-0.4, -0.2) is 46.2 Å². The predicted octanol–water partition coefficient (Wildman–Crippen LogP) is -0.349. The SMILES string of the molecule is CCC(CC)C(NC(C)=O)[C@@H]1[C@@H](O)[C@@H](C(=O)O)C[C@H]1N=C(N)N. The summed E-state index contributed by atoms with van der Waals surface area (Å²) in [6.45, 7) is 5.39. The molecule has 1 unspecified atom stereocenters. The molecule has 0 radical (unpaired) electrons. The van der Waals surface area contributed by atoms with Gasteiger partial charge < -0.3 is 27.0 Å². The number of hydrogen-bond donors (Lipinski definition) is 5. The van der Waals surface area contributed by atoms with E-state index in [0.29, 0.717) is 0 Å². The van der Waals surface area contributed by atoms with Crippen molar-refractivity contribution < 1.29 is 19.8 Å². The molecule has 0 aromatic rings. The number of carboxylic acid groups (broad SMARTS) is 1. The van der Waals surface area contributed by atoms with E-state index in [1.807, 2.05) is 13.8 Å². The highest BCUT2D eigenvalue weighted by Crippen LogP contribution is 2.39. The molecule has 1 fully saturated rings. The van der Waals surface area contributed by atoms with Crippen molar-refractivity contribution in [3.63, 3.8) is 0 Å². The second kappa shape index (κ2) is 8.14. The van der Waals surface area contributed by atoms with E-state index in [1.165, 1.54) is 6.92 Å². The molecule has 8 heteroatoms. The molecule has 1 amide bonds. The van der Waals surface area contributed by atoms with Gasteiger partial charge in [-0.15, -0.1) is 0 Å². The summed E-state index contributed by atoms with van der Waals surface area (Å²) in [5, 5.41) is 22.7. The second-order valence-corrected chi connectivity index (χ2v) is 6.17. The van der Waals surface area contributed by atoms with Crippen molar-refractivity contribution in [2.24, 2.45) is 34.2 Å². The Balaban J connectivity index is 3.23. The third kappa shape index (κ3) is 4.57.